The Kier molecular flexibility index (Phi) is 5.04. The molecule has 30 heavy (non-hydrogen) atoms. The van der Waals surface area contributed by atoms with Crippen LogP contribution in [-0.4, -0.2) is 63.3 Å². The first-order valence-corrected chi connectivity index (χ1v) is 9.00. The van der Waals surface area contributed by atoms with Gasteiger partial charge in [0, 0.05) is 12.4 Å². The van der Waals surface area contributed by atoms with Gasteiger partial charge in [0.25, 0.3) is 0 Å². The molecule has 0 spiro atoms. The molecule has 1 aliphatic heterocycles. The van der Waals surface area contributed by atoms with E-state index in [2.05, 4.69) is 25.5 Å². The van der Waals surface area contributed by atoms with Crippen LogP contribution in [0.25, 0.3) is 11.5 Å². The van der Waals surface area contributed by atoms with Gasteiger partial charge in [0.05, 0.1) is 31.6 Å². The van der Waals surface area contributed by atoms with Gasteiger partial charge >= 0.3 is 12.2 Å². The van der Waals surface area contributed by atoms with Crippen molar-refractivity contribution < 1.29 is 23.5 Å². The molecule has 2 aromatic heterocycles. The number of benzene rings is 1. The zero-order valence-electron chi connectivity index (χ0n) is 16.1. The second kappa shape index (κ2) is 7.81. The summed E-state index contributed by atoms with van der Waals surface area (Å²) in [7, 11) is 1.24. The number of hydrogen-bond acceptors (Lipinski definition) is 7. The lowest BCUT2D eigenvalue weighted by molar-refractivity contribution is 0.132. The Morgan fingerprint density at radius 2 is 2.27 bits per heavy atom. The summed E-state index contributed by atoms with van der Waals surface area (Å²) in [5, 5.41) is 14.6. The normalized spacial score (nSPS) is 15.9. The number of nitrogens with zero attached hydrogens (tertiary/aromatic N) is 6. The minimum absolute atomic E-state index is 0.0871. The number of alkyl carbamates (subject to hydrolysis) is 1. The van der Waals surface area contributed by atoms with Gasteiger partial charge in [-0.25, -0.2) is 23.3 Å². The Hall–Kier alpha value is -3.96. The molecule has 1 atom stereocenters. The molecule has 4 rings (SSSR count). The highest BCUT2D eigenvalue weighted by atomic mass is 19.1. The summed E-state index contributed by atoms with van der Waals surface area (Å²) in [4.78, 5) is 24.6. The van der Waals surface area contributed by atoms with Crippen LogP contribution in [0.15, 0.2) is 36.7 Å². The van der Waals surface area contributed by atoms with Gasteiger partial charge in [-0.2, -0.15) is 5.10 Å². The summed E-state index contributed by atoms with van der Waals surface area (Å²) in [6, 6.07) is 6.06. The third kappa shape index (κ3) is 3.54. The van der Waals surface area contributed by atoms with Crippen LogP contribution < -0.4 is 10.2 Å². The molecule has 12 heteroatoms. The van der Waals surface area contributed by atoms with Crippen LogP contribution in [0, 0.1) is 12.7 Å². The van der Waals surface area contributed by atoms with Crippen molar-refractivity contribution in [3.63, 3.8) is 0 Å². The summed E-state index contributed by atoms with van der Waals surface area (Å²) in [5.74, 6) is -0.107. The van der Waals surface area contributed by atoms with Crippen LogP contribution in [0.3, 0.4) is 0 Å². The van der Waals surface area contributed by atoms with Crippen molar-refractivity contribution in [2.75, 3.05) is 25.1 Å². The predicted molar refractivity (Wildman–Crippen MR) is 101 cm³/mol. The van der Waals surface area contributed by atoms with E-state index < -0.39 is 24.1 Å². The summed E-state index contributed by atoms with van der Waals surface area (Å²) < 4.78 is 27.5. The number of carbonyl (C=O) groups excluding carboxylic acids is 2. The predicted octanol–water partition coefficient (Wildman–Crippen LogP) is 1.58. The van der Waals surface area contributed by atoms with Crippen molar-refractivity contribution in [2.45, 2.75) is 13.0 Å². The first-order valence-electron chi connectivity index (χ1n) is 9.00. The number of halogens is 1. The quantitative estimate of drug-likeness (QED) is 0.672. The fourth-order valence-electron chi connectivity index (χ4n) is 3.10. The number of anilines is 1. The molecular formula is C18H18FN7O4. The molecule has 1 fully saturated rings. The molecule has 0 radical (unpaired) electrons. The average molecular weight is 415 g/mol. The highest BCUT2D eigenvalue weighted by molar-refractivity contribution is 5.90. The maximum Gasteiger partial charge on any atom is 0.414 e. The van der Waals surface area contributed by atoms with Crippen molar-refractivity contribution in [1.82, 2.24) is 30.1 Å². The third-order valence-corrected chi connectivity index (χ3v) is 4.60. The molecule has 1 aliphatic rings. The Bertz CT molecular complexity index is 1080. The summed E-state index contributed by atoms with van der Waals surface area (Å²) in [6.07, 6.45) is 1.49. The zero-order chi connectivity index (χ0) is 21.3. The molecule has 2 amide bonds. The number of rotatable bonds is 5. The number of amides is 2. The lowest BCUT2D eigenvalue weighted by Gasteiger charge is -2.14. The average Bonchev–Trinajstić information content (AvgIpc) is 3.46. The van der Waals surface area contributed by atoms with E-state index in [1.54, 1.807) is 31.5 Å². The van der Waals surface area contributed by atoms with E-state index in [0.717, 1.165) is 0 Å². The van der Waals surface area contributed by atoms with E-state index in [9.17, 15) is 14.0 Å². The van der Waals surface area contributed by atoms with E-state index in [1.807, 2.05) is 0 Å². The van der Waals surface area contributed by atoms with Crippen molar-refractivity contribution >= 4 is 17.9 Å². The lowest BCUT2D eigenvalue weighted by atomic mass is 10.2. The smallest absolute Gasteiger partial charge is 0.414 e. The standard InChI is InChI=1S/C18H18FN7O4/c1-11-16(25-7-3-6-21-25)22-23-26(11)15-5-4-12(8-14(15)19)24-10-13(30-18(24)28)9-20-17(27)29-2/h3-8,13H,9-10H2,1-2H3,(H,20,27). The van der Waals surface area contributed by atoms with Gasteiger partial charge in [0.1, 0.15) is 11.8 Å². The topological polar surface area (TPSA) is 116 Å². The third-order valence-electron chi connectivity index (χ3n) is 4.60. The second-order valence-electron chi connectivity index (χ2n) is 6.49. The van der Waals surface area contributed by atoms with Crippen molar-refractivity contribution in [2.24, 2.45) is 0 Å². The highest BCUT2D eigenvalue weighted by Gasteiger charge is 2.33. The van der Waals surface area contributed by atoms with E-state index in [-0.39, 0.29) is 18.8 Å². The Morgan fingerprint density at radius 3 is 2.97 bits per heavy atom. The van der Waals surface area contributed by atoms with Crippen LogP contribution in [0.5, 0.6) is 0 Å². The number of cyclic esters (lactones) is 1. The largest absolute Gasteiger partial charge is 0.453 e. The second-order valence-corrected chi connectivity index (χ2v) is 6.49. The van der Waals surface area contributed by atoms with Gasteiger partial charge in [0.15, 0.2) is 11.6 Å². The Balaban J connectivity index is 1.53. The van der Waals surface area contributed by atoms with Crippen molar-refractivity contribution in [3.05, 3.63) is 48.2 Å². The van der Waals surface area contributed by atoms with Crippen LogP contribution in [0.1, 0.15) is 5.69 Å². The van der Waals surface area contributed by atoms with Crippen LogP contribution >= 0.6 is 0 Å². The number of aromatic nitrogens is 5. The number of carbonyl (C=O) groups is 2. The van der Waals surface area contributed by atoms with Gasteiger partial charge < -0.3 is 14.8 Å². The minimum Gasteiger partial charge on any atom is -0.453 e. The monoisotopic (exact) mass is 415 g/mol. The molecular weight excluding hydrogens is 397 g/mol. The van der Waals surface area contributed by atoms with Gasteiger partial charge in [0.2, 0.25) is 0 Å². The number of nitrogens with one attached hydrogen (secondary N) is 1. The molecule has 1 saturated heterocycles. The van der Waals surface area contributed by atoms with Crippen LogP contribution in [0.4, 0.5) is 19.7 Å². The van der Waals surface area contributed by atoms with Gasteiger partial charge in [-0.3, -0.25) is 4.90 Å². The molecule has 0 bridgehead atoms. The maximum atomic E-state index is 14.9. The fourth-order valence-corrected chi connectivity index (χ4v) is 3.10. The van der Waals surface area contributed by atoms with E-state index >= 15 is 0 Å². The maximum absolute atomic E-state index is 14.9. The first kappa shape index (κ1) is 19.4. The molecule has 3 aromatic rings. The summed E-state index contributed by atoms with van der Waals surface area (Å²) >= 11 is 0. The minimum atomic E-state index is -0.628. The van der Waals surface area contributed by atoms with Gasteiger partial charge in [-0.15, -0.1) is 5.10 Å². The molecule has 3 heterocycles. The molecule has 0 aliphatic carbocycles. The molecule has 1 N–H and O–H groups in total. The van der Waals surface area contributed by atoms with E-state index in [4.69, 9.17) is 4.74 Å². The molecule has 11 nitrogen and oxygen atoms in total. The summed E-state index contributed by atoms with van der Waals surface area (Å²) in [5.41, 5.74) is 1.10. The van der Waals surface area contributed by atoms with Crippen LogP contribution in [0.2, 0.25) is 0 Å². The SMILES string of the molecule is COC(=O)NCC1CN(c2ccc(-n3nnc(-n4cccn4)c3C)c(F)c2)C(=O)O1. The Morgan fingerprint density at radius 1 is 1.43 bits per heavy atom. The number of hydrogen-bond donors (Lipinski definition) is 1. The zero-order valence-corrected chi connectivity index (χ0v) is 16.1. The fraction of sp³-hybridized carbons (Fsp3) is 0.278. The molecule has 0 saturated carbocycles. The van der Waals surface area contributed by atoms with Gasteiger partial charge in [-0.1, -0.05) is 5.21 Å². The molecule has 156 valence electrons. The molecule has 1 unspecified atom stereocenters. The van der Waals surface area contributed by atoms with Crippen LogP contribution in [-0.2, 0) is 9.47 Å². The van der Waals surface area contributed by atoms with Gasteiger partial charge in [-0.05, 0) is 31.2 Å². The highest BCUT2D eigenvalue weighted by Crippen LogP contribution is 2.26. The number of methoxy groups -OCH3 is 1. The van der Waals surface area contributed by atoms with E-state index in [0.29, 0.717) is 17.2 Å². The van der Waals surface area contributed by atoms with Crippen molar-refractivity contribution in [3.8, 4) is 11.5 Å². The van der Waals surface area contributed by atoms with E-state index in [1.165, 1.54) is 33.5 Å². The van der Waals surface area contributed by atoms with Crippen molar-refractivity contribution in [1.29, 1.82) is 0 Å². The Labute approximate surface area is 170 Å². The first-order chi connectivity index (χ1) is 14.5. The number of ether oxygens (including phenoxy) is 2. The molecule has 1 aromatic carbocycles. The lowest BCUT2D eigenvalue weighted by Crippen LogP contribution is -2.34. The summed E-state index contributed by atoms with van der Waals surface area (Å²) in [6.45, 7) is 2.00.